The van der Waals surface area contributed by atoms with Crippen LogP contribution in [0.1, 0.15) is 0 Å². The highest BCUT2D eigenvalue weighted by Crippen LogP contribution is 2.18. The van der Waals surface area contributed by atoms with Crippen LogP contribution in [0.25, 0.3) is 10.9 Å². The molecule has 0 spiro atoms. The van der Waals surface area contributed by atoms with Crippen molar-refractivity contribution in [3.63, 3.8) is 0 Å². The van der Waals surface area contributed by atoms with Crippen LogP contribution in [0, 0.1) is 0 Å². The molecule has 5 heteroatoms. The lowest BCUT2D eigenvalue weighted by molar-refractivity contribution is 0.233. The van der Waals surface area contributed by atoms with E-state index in [0.717, 1.165) is 10.9 Å². The summed E-state index contributed by atoms with van der Waals surface area (Å²) in [5.41, 5.74) is 8.65. The Morgan fingerprint density at radius 3 is 3.07 bits per heavy atom. The number of nitrogens with two attached hydrogens (primary N) is 1. The number of aromatic nitrogens is 1. The molecule has 0 saturated carbocycles. The minimum atomic E-state index is -0.0433. The van der Waals surface area contributed by atoms with Gasteiger partial charge in [-0.1, -0.05) is 6.07 Å². The van der Waals surface area contributed by atoms with Crippen molar-refractivity contribution in [3.8, 4) is 0 Å². The van der Waals surface area contributed by atoms with E-state index < -0.39 is 0 Å². The van der Waals surface area contributed by atoms with E-state index in [-0.39, 0.29) is 5.96 Å². The van der Waals surface area contributed by atoms with E-state index in [9.17, 15) is 0 Å². The lowest BCUT2D eigenvalue weighted by Gasteiger charge is -1.99. The molecule has 0 aliphatic rings. The summed E-state index contributed by atoms with van der Waals surface area (Å²) in [7, 11) is 0. The molecule has 5 nitrogen and oxygen atoms in total. The third-order valence-corrected chi connectivity index (χ3v) is 1.95. The first kappa shape index (κ1) is 9.42. The molecule has 0 amide bonds. The van der Waals surface area contributed by atoms with Gasteiger partial charge >= 0.3 is 0 Å². The van der Waals surface area contributed by atoms with Crippen molar-refractivity contribution in [1.29, 1.82) is 0 Å². The quantitative estimate of drug-likeness (QED) is 0.368. The highest BCUT2D eigenvalue weighted by Gasteiger charge is 1.96. The van der Waals surface area contributed by atoms with Crippen molar-refractivity contribution in [2.24, 2.45) is 10.7 Å². The number of hydrogen-bond donors (Lipinski definition) is 3. The topological polar surface area (TPSA) is 83.5 Å². The molecule has 2 aromatic rings. The lowest BCUT2D eigenvalue weighted by Crippen LogP contribution is -2.27. The Morgan fingerprint density at radius 2 is 2.27 bits per heavy atom. The largest absolute Gasteiger partial charge is 0.368 e. The molecule has 0 aliphatic carbocycles. The molecule has 0 unspecified atom stereocenters. The number of benzene rings is 1. The van der Waals surface area contributed by atoms with E-state index in [4.69, 9.17) is 10.9 Å². The van der Waals surface area contributed by atoms with Gasteiger partial charge in [0.25, 0.3) is 0 Å². The van der Waals surface area contributed by atoms with Crippen molar-refractivity contribution < 1.29 is 5.21 Å². The molecule has 15 heavy (non-hydrogen) atoms. The first-order valence-electron chi connectivity index (χ1n) is 4.38. The van der Waals surface area contributed by atoms with Gasteiger partial charge in [-0.3, -0.25) is 10.2 Å². The maximum absolute atomic E-state index is 8.49. The van der Waals surface area contributed by atoms with E-state index >= 15 is 0 Å². The van der Waals surface area contributed by atoms with Gasteiger partial charge in [0.15, 0.2) is 0 Å². The van der Waals surface area contributed by atoms with Crippen LogP contribution < -0.4 is 11.2 Å². The molecule has 76 valence electrons. The molecule has 0 radical (unpaired) electrons. The van der Waals surface area contributed by atoms with Gasteiger partial charge in [0.2, 0.25) is 5.96 Å². The smallest absolute Gasteiger partial charge is 0.218 e. The molecule has 1 heterocycles. The Morgan fingerprint density at radius 1 is 1.40 bits per heavy atom. The standard InChI is InChI=1S/C10H10N4O/c11-10(14-15)13-8-3-4-9-7(6-8)2-1-5-12-9/h1-6,15H,(H3,11,13,14). The molecule has 0 bridgehead atoms. The maximum Gasteiger partial charge on any atom is 0.218 e. The second kappa shape index (κ2) is 3.93. The van der Waals surface area contributed by atoms with E-state index in [0.29, 0.717) is 5.69 Å². The van der Waals surface area contributed by atoms with Gasteiger partial charge < -0.3 is 5.73 Å². The van der Waals surface area contributed by atoms with Crippen LogP contribution in [-0.2, 0) is 0 Å². The normalized spacial score (nSPS) is 11.7. The summed E-state index contributed by atoms with van der Waals surface area (Å²) < 4.78 is 0. The Labute approximate surface area is 86.2 Å². The average molecular weight is 202 g/mol. The van der Waals surface area contributed by atoms with Crippen LogP contribution >= 0.6 is 0 Å². The van der Waals surface area contributed by atoms with E-state index in [2.05, 4.69) is 9.98 Å². The zero-order chi connectivity index (χ0) is 10.7. The van der Waals surface area contributed by atoms with Gasteiger partial charge in [-0.15, -0.1) is 0 Å². The minimum absolute atomic E-state index is 0.0433. The highest BCUT2D eigenvalue weighted by atomic mass is 16.5. The first-order valence-corrected chi connectivity index (χ1v) is 4.38. The summed E-state index contributed by atoms with van der Waals surface area (Å²) in [4.78, 5) is 8.11. The Hall–Kier alpha value is -2.14. The second-order valence-corrected chi connectivity index (χ2v) is 2.99. The number of guanidine groups is 1. The van der Waals surface area contributed by atoms with Crippen LogP contribution in [0.2, 0.25) is 0 Å². The molecular formula is C10H10N4O. The number of rotatable bonds is 1. The number of nitrogens with zero attached hydrogens (tertiary/aromatic N) is 2. The van der Waals surface area contributed by atoms with Gasteiger partial charge in [0.1, 0.15) is 0 Å². The van der Waals surface area contributed by atoms with Crippen LogP contribution in [0.15, 0.2) is 41.5 Å². The van der Waals surface area contributed by atoms with Crippen molar-refractivity contribution in [2.45, 2.75) is 0 Å². The van der Waals surface area contributed by atoms with Gasteiger partial charge in [-0.25, -0.2) is 10.5 Å². The summed E-state index contributed by atoms with van der Waals surface area (Å²) in [6.45, 7) is 0. The van der Waals surface area contributed by atoms with Crippen molar-refractivity contribution in [1.82, 2.24) is 10.5 Å². The van der Waals surface area contributed by atoms with Crippen molar-refractivity contribution in [3.05, 3.63) is 36.5 Å². The predicted octanol–water partition coefficient (Wildman–Crippen LogP) is 1.16. The number of fused-ring (bicyclic) bond motifs is 1. The summed E-state index contributed by atoms with van der Waals surface area (Å²) in [6, 6.07) is 9.25. The third-order valence-electron chi connectivity index (χ3n) is 1.95. The Bertz CT molecular complexity index is 510. The van der Waals surface area contributed by atoms with E-state index in [1.807, 2.05) is 24.3 Å². The predicted molar refractivity (Wildman–Crippen MR) is 57.9 cm³/mol. The highest BCUT2D eigenvalue weighted by molar-refractivity contribution is 5.85. The fourth-order valence-corrected chi connectivity index (χ4v) is 1.30. The first-order chi connectivity index (χ1) is 7.29. The third kappa shape index (κ3) is 2.03. The zero-order valence-corrected chi connectivity index (χ0v) is 7.88. The molecule has 0 aliphatic heterocycles. The SMILES string of the molecule is NC(=Nc1ccc2ncccc2c1)NO. The Kier molecular flexibility index (Phi) is 2.47. The van der Waals surface area contributed by atoms with Crippen LogP contribution in [0.3, 0.4) is 0 Å². The van der Waals surface area contributed by atoms with E-state index in [1.54, 1.807) is 17.7 Å². The number of hydrogen-bond acceptors (Lipinski definition) is 3. The van der Waals surface area contributed by atoms with Crippen molar-refractivity contribution in [2.75, 3.05) is 0 Å². The van der Waals surface area contributed by atoms with Crippen LogP contribution in [0.5, 0.6) is 0 Å². The van der Waals surface area contributed by atoms with Crippen LogP contribution in [-0.4, -0.2) is 16.2 Å². The number of hydroxylamine groups is 1. The molecular weight excluding hydrogens is 192 g/mol. The van der Waals surface area contributed by atoms with Gasteiger partial charge in [-0.2, -0.15) is 0 Å². The van der Waals surface area contributed by atoms with Gasteiger partial charge in [0, 0.05) is 11.6 Å². The average Bonchev–Trinajstić information content (AvgIpc) is 2.29. The second-order valence-electron chi connectivity index (χ2n) is 2.99. The molecule has 0 saturated heterocycles. The maximum atomic E-state index is 8.49. The molecule has 0 fully saturated rings. The summed E-state index contributed by atoms with van der Waals surface area (Å²) in [5.74, 6) is -0.0433. The van der Waals surface area contributed by atoms with Crippen molar-refractivity contribution >= 4 is 22.5 Å². The molecule has 2 rings (SSSR count). The molecule has 4 N–H and O–H groups in total. The number of aliphatic imine (C=N–C) groups is 1. The lowest BCUT2D eigenvalue weighted by atomic mass is 10.2. The van der Waals surface area contributed by atoms with E-state index in [1.165, 1.54) is 0 Å². The monoisotopic (exact) mass is 202 g/mol. The minimum Gasteiger partial charge on any atom is -0.368 e. The number of pyridine rings is 1. The van der Waals surface area contributed by atoms with Crippen LogP contribution in [0.4, 0.5) is 5.69 Å². The zero-order valence-electron chi connectivity index (χ0n) is 7.88. The molecule has 1 aromatic heterocycles. The van der Waals surface area contributed by atoms with Gasteiger partial charge in [0.05, 0.1) is 11.2 Å². The number of nitrogens with one attached hydrogen (secondary N) is 1. The fourth-order valence-electron chi connectivity index (χ4n) is 1.30. The molecule has 1 aromatic carbocycles. The summed E-state index contributed by atoms with van der Waals surface area (Å²) in [6.07, 6.45) is 1.73. The van der Waals surface area contributed by atoms with Gasteiger partial charge in [-0.05, 0) is 24.3 Å². The molecule has 0 atom stereocenters. The summed E-state index contributed by atoms with van der Waals surface area (Å²) in [5, 5.41) is 9.47. The Balaban J connectivity index is 2.47. The summed E-state index contributed by atoms with van der Waals surface area (Å²) >= 11 is 0. The fraction of sp³-hybridized carbons (Fsp3) is 0.